The quantitative estimate of drug-likeness (QED) is 0.467. The van der Waals surface area contributed by atoms with E-state index in [1.54, 1.807) is 25.6 Å². The van der Waals surface area contributed by atoms with Crippen molar-refractivity contribution in [1.29, 1.82) is 0 Å². The van der Waals surface area contributed by atoms with Crippen molar-refractivity contribution >= 4 is 16.9 Å². The van der Waals surface area contributed by atoms with Crippen LogP contribution < -0.4 is 0 Å². The Balaban J connectivity index is 1.32. The van der Waals surface area contributed by atoms with Crippen LogP contribution in [0, 0.1) is 5.82 Å². The number of methoxy groups -OCH3 is 1. The first-order chi connectivity index (χ1) is 16.1. The molecule has 1 aliphatic heterocycles. The van der Waals surface area contributed by atoms with Crippen molar-refractivity contribution in [2.45, 2.75) is 31.8 Å². The fraction of sp³-hybridized carbons (Fsp3) is 0.333. The minimum atomic E-state index is -0.267. The number of benzene rings is 2. The molecule has 0 spiro atoms. The van der Waals surface area contributed by atoms with Crippen LogP contribution in [0.25, 0.3) is 11.0 Å². The number of nitrogens with zero attached hydrogens (tertiary/aromatic N) is 5. The predicted octanol–water partition coefficient (Wildman–Crippen LogP) is 3.51. The molecule has 0 saturated carbocycles. The van der Waals surface area contributed by atoms with Crippen LogP contribution in [0.2, 0.25) is 0 Å². The van der Waals surface area contributed by atoms with E-state index in [-0.39, 0.29) is 17.8 Å². The molecular weight excluding hydrogens is 423 g/mol. The van der Waals surface area contributed by atoms with Crippen LogP contribution in [0.5, 0.6) is 0 Å². The number of rotatable bonds is 7. The maximum atomic E-state index is 13.4. The normalized spacial score (nSPS) is 16.1. The standard InChI is InChI=1S/C24H25FN6O2/c1-33-12-11-30-15-26-19-14-17(6-9-20(19)30)24(32)31-10-2-3-21(31)23-27-22(28-29-23)13-16-4-7-18(25)8-5-16/h4-9,14-15,21H,2-3,10-13H2,1H3,(H,27,28,29). The molecule has 0 bridgehead atoms. The maximum absolute atomic E-state index is 13.4. The third kappa shape index (κ3) is 4.36. The molecule has 170 valence electrons. The summed E-state index contributed by atoms with van der Waals surface area (Å²) in [5.74, 6) is 0.995. The van der Waals surface area contributed by atoms with Crippen LogP contribution in [-0.2, 0) is 17.7 Å². The van der Waals surface area contributed by atoms with Gasteiger partial charge in [0.05, 0.1) is 30.0 Å². The molecule has 8 nitrogen and oxygen atoms in total. The maximum Gasteiger partial charge on any atom is 0.254 e. The molecule has 1 N–H and O–H groups in total. The zero-order chi connectivity index (χ0) is 22.8. The largest absolute Gasteiger partial charge is 0.383 e. The summed E-state index contributed by atoms with van der Waals surface area (Å²) in [6.07, 6.45) is 4.00. The Bertz CT molecular complexity index is 1270. The number of aromatic amines is 1. The van der Waals surface area contributed by atoms with Gasteiger partial charge in [0, 0.05) is 32.2 Å². The van der Waals surface area contributed by atoms with E-state index in [0.717, 1.165) is 29.4 Å². The third-order valence-corrected chi connectivity index (χ3v) is 6.05. The summed E-state index contributed by atoms with van der Waals surface area (Å²) >= 11 is 0. The number of nitrogens with one attached hydrogen (secondary N) is 1. The van der Waals surface area contributed by atoms with Gasteiger partial charge in [-0.25, -0.2) is 14.4 Å². The van der Waals surface area contributed by atoms with Gasteiger partial charge in [-0.1, -0.05) is 12.1 Å². The fourth-order valence-electron chi connectivity index (χ4n) is 4.34. The second-order valence-corrected chi connectivity index (χ2v) is 8.23. The number of likely N-dealkylation sites (tertiary alicyclic amines) is 1. The molecule has 1 amide bonds. The van der Waals surface area contributed by atoms with Crippen molar-refractivity contribution in [3.8, 4) is 0 Å². The van der Waals surface area contributed by atoms with Crippen LogP contribution in [0.1, 0.15) is 46.5 Å². The van der Waals surface area contributed by atoms with Crippen LogP contribution in [0.3, 0.4) is 0 Å². The van der Waals surface area contributed by atoms with Gasteiger partial charge in [-0.2, -0.15) is 5.10 Å². The molecule has 3 heterocycles. The monoisotopic (exact) mass is 448 g/mol. The van der Waals surface area contributed by atoms with E-state index in [9.17, 15) is 9.18 Å². The molecule has 5 rings (SSSR count). The molecule has 1 atom stereocenters. The summed E-state index contributed by atoms with van der Waals surface area (Å²) in [6.45, 7) is 1.96. The molecule has 0 radical (unpaired) electrons. The van der Waals surface area contributed by atoms with Crippen LogP contribution >= 0.6 is 0 Å². The number of halogens is 1. The Morgan fingerprint density at radius 3 is 2.91 bits per heavy atom. The predicted molar refractivity (Wildman–Crippen MR) is 120 cm³/mol. The van der Waals surface area contributed by atoms with Crippen molar-refractivity contribution < 1.29 is 13.9 Å². The van der Waals surface area contributed by atoms with Gasteiger partial charge < -0.3 is 14.2 Å². The lowest BCUT2D eigenvalue weighted by molar-refractivity contribution is 0.0730. The fourth-order valence-corrected chi connectivity index (χ4v) is 4.34. The molecule has 0 aliphatic carbocycles. The number of hydrogen-bond donors (Lipinski definition) is 1. The summed E-state index contributed by atoms with van der Waals surface area (Å²) in [6, 6.07) is 11.8. The highest BCUT2D eigenvalue weighted by molar-refractivity contribution is 5.97. The molecule has 1 saturated heterocycles. The Hall–Kier alpha value is -3.59. The number of carbonyl (C=O) groups is 1. The summed E-state index contributed by atoms with van der Waals surface area (Å²) in [4.78, 5) is 24.3. The van der Waals surface area contributed by atoms with E-state index in [4.69, 9.17) is 4.74 Å². The topological polar surface area (TPSA) is 88.9 Å². The van der Waals surface area contributed by atoms with Gasteiger partial charge in [-0.3, -0.25) is 9.89 Å². The Morgan fingerprint density at radius 2 is 2.09 bits per heavy atom. The van der Waals surface area contributed by atoms with Crippen LogP contribution in [-0.4, -0.2) is 55.8 Å². The van der Waals surface area contributed by atoms with E-state index in [1.807, 2.05) is 27.7 Å². The van der Waals surface area contributed by atoms with Crippen molar-refractivity contribution in [3.63, 3.8) is 0 Å². The highest BCUT2D eigenvalue weighted by Crippen LogP contribution is 2.32. The first-order valence-corrected chi connectivity index (χ1v) is 11.0. The van der Waals surface area contributed by atoms with E-state index in [1.165, 1.54) is 12.1 Å². The van der Waals surface area contributed by atoms with Gasteiger partial charge in [-0.15, -0.1) is 0 Å². The molecule has 2 aromatic carbocycles. The van der Waals surface area contributed by atoms with E-state index >= 15 is 0 Å². The number of carbonyl (C=O) groups excluding carboxylic acids is 1. The summed E-state index contributed by atoms with van der Waals surface area (Å²) in [5, 5.41) is 7.36. The minimum absolute atomic E-state index is 0.0456. The van der Waals surface area contributed by atoms with Crippen LogP contribution in [0.4, 0.5) is 4.39 Å². The molecule has 9 heteroatoms. The number of aromatic nitrogens is 5. The SMILES string of the molecule is COCCn1cnc2cc(C(=O)N3CCCC3c3n[nH]c(Cc4ccc(F)cc4)n3)ccc21. The van der Waals surface area contributed by atoms with E-state index < -0.39 is 0 Å². The first kappa shape index (κ1) is 21.3. The van der Waals surface area contributed by atoms with Crippen molar-refractivity contribution in [1.82, 2.24) is 29.6 Å². The first-order valence-electron chi connectivity index (χ1n) is 11.0. The number of amides is 1. The molecular formula is C24H25FN6O2. The average molecular weight is 449 g/mol. The highest BCUT2D eigenvalue weighted by Gasteiger charge is 2.33. The van der Waals surface area contributed by atoms with Crippen molar-refractivity contribution in [2.75, 3.05) is 20.3 Å². The molecule has 33 heavy (non-hydrogen) atoms. The lowest BCUT2D eigenvalue weighted by Crippen LogP contribution is -2.31. The molecule has 2 aromatic heterocycles. The highest BCUT2D eigenvalue weighted by atomic mass is 19.1. The Kier molecular flexibility index (Phi) is 5.87. The van der Waals surface area contributed by atoms with Crippen LogP contribution in [0.15, 0.2) is 48.8 Å². The smallest absolute Gasteiger partial charge is 0.254 e. The van der Waals surface area contributed by atoms with Gasteiger partial charge in [0.1, 0.15) is 11.6 Å². The summed E-state index contributed by atoms with van der Waals surface area (Å²) in [7, 11) is 1.67. The molecule has 1 unspecified atom stereocenters. The second-order valence-electron chi connectivity index (χ2n) is 8.23. The lowest BCUT2D eigenvalue weighted by Gasteiger charge is -2.22. The number of H-pyrrole nitrogens is 1. The number of fused-ring (bicyclic) bond motifs is 1. The summed E-state index contributed by atoms with van der Waals surface area (Å²) in [5.41, 5.74) is 3.30. The molecule has 1 fully saturated rings. The Labute approximate surface area is 190 Å². The minimum Gasteiger partial charge on any atom is -0.383 e. The zero-order valence-electron chi connectivity index (χ0n) is 18.4. The van der Waals surface area contributed by atoms with Crippen molar-refractivity contribution in [2.24, 2.45) is 0 Å². The summed E-state index contributed by atoms with van der Waals surface area (Å²) < 4.78 is 20.3. The van der Waals surface area contributed by atoms with Gasteiger partial charge in [0.2, 0.25) is 0 Å². The van der Waals surface area contributed by atoms with Gasteiger partial charge in [0.15, 0.2) is 5.82 Å². The number of hydrogen-bond acceptors (Lipinski definition) is 5. The van der Waals surface area contributed by atoms with E-state index in [2.05, 4.69) is 20.2 Å². The molecule has 4 aromatic rings. The van der Waals surface area contributed by atoms with Gasteiger partial charge >= 0.3 is 0 Å². The average Bonchev–Trinajstić information content (AvgIpc) is 3.58. The van der Waals surface area contributed by atoms with Crippen molar-refractivity contribution in [3.05, 3.63) is 77.4 Å². The number of ether oxygens (including phenoxy) is 1. The Morgan fingerprint density at radius 1 is 1.24 bits per heavy atom. The molecule has 1 aliphatic rings. The third-order valence-electron chi connectivity index (χ3n) is 6.05. The number of imidazole rings is 1. The van der Waals surface area contributed by atoms with Gasteiger partial charge in [0.25, 0.3) is 5.91 Å². The second kappa shape index (κ2) is 9.11. The zero-order valence-corrected chi connectivity index (χ0v) is 18.4. The van der Waals surface area contributed by atoms with E-state index in [0.29, 0.717) is 43.3 Å². The van der Waals surface area contributed by atoms with Gasteiger partial charge in [-0.05, 0) is 48.7 Å². The lowest BCUT2D eigenvalue weighted by atomic mass is 10.1.